The van der Waals surface area contributed by atoms with Gasteiger partial charge in [0.1, 0.15) is 22.4 Å². The third-order valence-corrected chi connectivity index (χ3v) is 5.81. The van der Waals surface area contributed by atoms with E-state index in [9.17, 15) is 23.2 Å². The van der Waals surface area contributed by atoms with Gasteiger partial charge in [0.25, 0.3) is 0 Å². The lowest BCUT2D eigenvalue weighted by atomic mass is 9.81. The highest BCUT2D eigenvalue weighted by molar-refractivity contribution is 8.03. The number of methoxy groups -OCH3 is 1. The molecule has 0 aromatic heterocycles. The molecule has 2 aromatic rings. The molecule has 1 N–H and O–H groups in total. The van der Waals surface area contributed by atoms with Gasteiger partial charge in [-0.3, -0.25) is 4.90 Å². The fourth-order valence-corrected chi connectivity index (χ4v) is 4.55. The SMILES string of the molecule is COc1ccc([C@]2(C(F)(F)F)NC(=O)N3C(=C2C#N)Sc2ccccc23)cc1. The number of hydrogen-bond acceptors (Lipinski definition) is 4. The molecule has 0 aliphatic carbocycles. The Labute approximate surface area is 162 Å². The molecule has 0 bridgehead atoms. The average molecular weight is 403 g/mol. The Kier molecular flexibility index (Phi) is 4.05. The van der Waals surface area contributed by atoms with E-state index in [1.807, 2.05) is 0 Å². The highest BCUT2D eigenvalue weighted by atomic mass is 32.2. The third-order valence-electron chi connectivity index (χ3n) is 4.66. The maximum Gasteiger partial charge on any atom is 0.420 e. The number of nitriles is 1. The fraction of sp³-hybridized carbons (Fsp3) is 0.158. The number of ether oxygens (including phenoxy) is 1. The van der Waals surface area contributed by atoms with Crippen LogP contribution in [0.5, 0.6) is 5.75 Å². The number of anilines is 1. The van der Waals surface area contributed by atoms with E-state index in [1.165, 1.54) is 31.4 Å². The van der Waals surface area contributed by atoms with Gasteiger partial charge in [-0.1, -0.05) is 36.0 Å². The second-order valence-corrected chi connectivity index (χ2v) is 7.13. The van der Waals surface area contributed by atoms with Crippen molar-refractivity contribution in [2.24, 2.45) is 0 Å². The molecule has 0 radical (unpaired) electrons. The largest absolute Gasteiger partial charge is 0.497 e. The van der Waals surface area contributed by atoms with Gasteiger partial charge >= 0.3 is 12.2 Å². The van der Waals surface area contributed by atoms with Crippen LogP contribution >= 0.6 is 11.8 Å². The first-order valence-corrected chi connectivity index (χ1v) is 8.90. The molecule has 4 rings (SSSR count). The lowest BCUT2D eigenvalue weighted by molar-refractivity contribution is -0.184. The summed E-state index contributed by atoms with van der Waals surface area (Å²) in [6, 6.07) is 12.6. The zero-order valence-electron chi connectivity index (χ0n) is 14.4. The van der Waals surface area contributed by atoms with Crippen LogP contribution in [0.2, 0.25) is 0 Å². The number of hydrogen-bond donors (Lipinski definition) is 1. The quantitative estimate of drug-likeness (QED) is 0.801. The Morgan fingerprint density at radius 1 is 1.18 bits per heavy atom. The summed E-state index contributed by atoms with van der Waals surface area (Å²) < 4.78 is 48.2. The molecule has 9 heteroatoms. The molecule has 0 fully saturated rings. The number of alkyl halides is 3. The van der Waals surface area contributed by atoms with Crippen molar-refractivity contribution in [3.8, 4) is 11.8 Å². The number of para-hydroxylation sites is 1. The van der Waals surface area contributed by atoms with Crippen LogP contribution in [-0.2, 0) is 5.54 Å². The molecule has 0 saturated heterocycles. The standard InChI is InChI=1S/C19H12F3N3O2S/c1-27-12-8-6-11(7-9-12)18(19(20,21)22)13(10-23)16-25(17(26)24-18)14-4-2-3-5-15(14)28-16/h2-9H,1H3,(H,24,26)/t18-/m0/s1. The Morgan fingerprint density at radius 2 is 1.86 bits per heavy atom. The van der Waals surface area contributed by atoms with Crippen molar-refractivity contribution in [2.45, 2.75) is 16.6 Å². The van der Waals surface area contributed by atoms with E-state index in [-0.39, 0.29) is 10.6 Å². The van der Waals surface area contributed by atoms with E-state index in [4.69, 9.17) is 4.74 Å². The molecule has 28 heavy (non-hydrogen) atoms. The number of halogens is 3. The molecule has 2 aliphatic heterocycles. The molecule has 2 aliphatic rings. The Hall–Kier alpha value is -3.12. The van der Waals surface area contributed by atoms with Crippen molar-refractivity contribution in [1.29, 1.82) is 5.26 Å². The summed E-state index contributed by atoms with van der Waals surface area (Å²) >= 11 is 0.975. The van der Waals surface area contributed by atoms with Crippen molar-refractivity contribution in [1.82, 2.24) is 5.32 Å². The monoisotopic (exact) mass is 403 g/mol. The van der Waals surface area contributed by atoms with Crippen LogP contribution < -0.4 is 15.0 Å². The first-order valence-electron chi connectivity index (χ1n) is 8.08. The van der Waals surface area contributed by atoms with Crippen LogP contribution in [0.1, 0.15) is 5.56 Å². The molecular weight excluding hydrogens is 391 g/mol. The van der Waals surface area contributed by atoms with Crippen molar-refractivity contribution in [3.63, 3.8) is 0 Å². The molecule has 1 atom stereocenters. The van der Waals surface area contributed by atoms with Crippen LogP contribution in [0.4, 0.5) is 23.7 Å². The first kappa shape index (κ1) is 18.3. The van der Waals surface area contributed by atoms with E-state index >= 15 is 0 Å². The molecule has 0 spiro atoms. The Morgan fingerprint density at radius 3 is 2.46 bits per heavy atom. The van der Waals surface area contributed by atoms with Crippen molar-refractivity contribution >= 4 is 23.5 Å². The molecule has 0 unspecified atom stereocenters. The predicted octanol–water partition coefficient (Wildman–Crippen LogP) is 4.52. The molecule has 2 aromatic carbocycles. The van der Waals surface area contributed by atoms with Gasteiger partial charge < -0.3 is 10.1 Å². The molecule has 0 saturated carbocycles. The topological polar surface area (TPSA) is 65.4 Å². The minimum absolute atomic E-state index is 0.0411. The number of carbonyl (C=O) groups excluding carboxylic acids is 1. The molecule has 2 amide bonds. The average Bonchev–Trinajstić information content (AvgIpc) is 3.06. The van der Waals surface area contributed by atoms with Crippen molar-refractivity contribution in [3.05, 3.63) is 64.7 Å². The van der Waals surface area contributed by atoms with E-state index in [1.54, 1.807) is 30.3 Å². The molecule has 2 heterocycles. The van der Waals surface area contributed by atoms with Crippen LogP contribution in [0, 0.1) is 11.3 Å². The minimum Gasteiger partial charge on any atom is -0.497 e. The van der Waals surface area contributed by atoms with Crippen LogP contribution in [-0.4, -0.2) is 19.3 Å². The molecule has 5 nitrogen and oxygen atoms in total. The minimum atomic E-state index is -4.95. The molecular formula is C19H12F3N3O2S. The second-order valence-electron chi connectivity index (χ2n) is 6.10. The number of thioether (sulfide) groups is 1. The highest BCUT2D eigenvalue weighted by Crippen LogP contribution is 2.55. The van der Waals surface area contributed by atoms with Gasteiger partial charge in [0, 0.05) is 4.90 Å². The summed E-state index contributed by atoms with van der Waals surface area (Å²) in [5.74, 6) is 0.360. The summed E-state index contributed by atoms with van der Waals surface area (Å²) in [7, 11) is 1.39. The summed E-state index contributed by atoms with van der Waals surface area (Å²) in [4.78, 5) is 14.5. The van der Waals surface area contributed by atoms with E-state index in [0.29, 0.717) is 16.3 Å². The number of benzene rings is 2. The van der Waals surface area contributed by atoms with Crippen LogP contribution in [0.3, 0.4) is 0 Å². The van der Waals surface area contributed by atoms with Gasteiger partial charge in [0.05, 0.1) is 12.8 Å². The zero-order valence-corrected chi connectivity index (χ0v) is 15.2. The van der Waals surface area contributed by atoms with Crippen molar-refractivity contribution in [2.75, 3.05) is 12.0 Å². The van der Waals surface area contributed by atoms with Gasteiger partial charge in [0.15, 0.2) is 0 Å². The number of nitrogens with zero attached hydrogens (tertiary/aromatic N) is 2. The number of nitrogens with one attached hydrogen (secondary N) is 1. The lowest BCUT2D eigenvalue weighted by Crippen LogP contribution is -2.63. The number of rotatable bonds is 2. The third kappa shape index (κ3) is 2.38. The van der Waals surface area contributed by atoms with Gasteiger partial charge in [-0.2, -0.15) is 18.4 Å². The number of fused-ring (bicyclic) bond motifs is 3. The number of carbonyl (C=O) groups is 1. The first-order chi connectivity index (χ1) is 13.3. The normalized spacial score (nSPS) is 21.0. The van der Waals surface area contributed by atoms with Gasteiger partial charge in [0.2, 0.25) is 5.54 Å². The lowest BCUT2D eigenvalue weighted by Gasteiger charge is -2.42. The Bertz CT molecular complexity index is 1040. The van der Waals surface area contributed by atoms with Crippen molar-refractivity contribution < 1.29 is 22.7 Å². The smallest absolute Gasteiger partial charge is 0.420 e. The fourth-order valence-electron chi connectivity index (χ4n) is 3.36. The summed E-state index contributed by atoms with van der Waals surface area (Å²) in [6.07, 6.45) is -4.95. The summed E-state index contributed by atoms with van der Waals surface area (Å²) in [5.41, 5.74) is -3.36. The maximum absolute atomic E-state index is 14.4. The van der Waals surface area contributed by atoms with E-state index in [2.05, 4.69) is 5.32 Å². The zero-order chi connectivity index (χ0) is 20.1. The number of amides is 2. The van der Waals surface area contributed by atoms with E-state index < -0.39 is 23.3 Å². The Balaban J connectivity index is 1.99. The van der Waals surface area contributed by atoms with Gasteiger partial charge in [-0.25, -0.2) is 4.79 Å². The number of urea groups is 1. The van der Waals surface area contributed by atoms with Crippen LogP contribution in [0.25, 0.3) is 0 Å². The van der Waals surface area contributed by atoms with Gasteiger partial charge in [-0.15, -0.1) is 0 Å². The predicted molar refractivity (Wildman–Crippen MR) is 96.7 cm³/mol. The van der Waals surface area contributed by atoms with Crippen LogP contribution in [0.15, 0.2) is 64.0 Å². The highest BCUT2D eigenvalue weighted by Gasteiger charge is 2.64. The van der Waals surface area contributed by atoms with Gasteiger partial charge in [-0.05, 0) is 29.8 Å². The summed E-state index contributed by atoms with van der Waals surface area (Å²) in [5, 5.41) is 11.8. The molecule has 142 valence electrons. The second kappa shape index (κ2) is 6.21. The maximum atomic E-state index is 14.4. The summed E-state index contributed by atoms with van der Waals surface area (Å²) in [6.45, 7) is 0. The van der Waals surface area contributed by atoms with E-state index in [0.717, 1.165) is 16.7 Å².